The Morgan fingerprint density at radius 2 is 1.10 bits per heavy atom. The second kappa shape index (κ2) is 11.6. The van der Waals surface area contributed by atoms with E-state index >= 15 is 0 Å². The molecule has 39 heavy (non-hydrogen) atoms. The number of aromatic hydroxyl groups is 3. The standard InChI is InChI=1S/C10H8F3NO6.C9H6F3NO6/c1-19-5-3-4(10(11,12)13)6(9(16)20-2)7(8(5)15)14(17)18;1-19-8(16)5-3(9(10,11)12)2-4(14)7(15)6(5)13(17)18/h3,15H,1-2H3;2,14-15H,1H3. The van der Waals surface area contributed by atoms with E-state index in [1.54, 1.807) is 0 Å². The molecule has 0 saturated heterocycles. The van der Waals surface area contributed by atoms with E-state index in [0.717, 1.165) is 21.3 Å². The Bertz CT molecular complexity index is 1320. The zero-order valence-corrected chi connectivity index (χ0v) is 19.3. The first kappa shape index (κ1) is 32.0. The van der Waals surface area contributed by atoms with Gasteiger partial charge in [-0.05, 0) is 12.1 Å². The van der Waals surface area contributed by atoms with Crippen molar-refractivity contribution in [1.82, 2.24) is 0 Å². The molecule has 0 atom stereocenters. The number of methoxy groups -OCH3 is 3. The van der Waals surface area contributed by atoms with Gasteiger partial charge in [0.15, 0.2) is 22.6 Å². The number of carbonyl (C=O) groups is 2. The highest BCUT2D eigenvalue weighted by Crippen LogP contribution is 2.47. The largest absolute Gasteiger partial charge is 0.504 e. The van der Waals surface area contributed by atoms with Gasteiger partial charge in [0, 0.05) is 0 Å². The fourth-order valence-electron chi connectivity index (χ4n) is 2.85. The van der Waals surface area contributed by atoms with E-state index in [0.29, 0.717) is 0 Å². The third-order valence-electron chi connectivity index (χ3n) is 4.47. The van der Waals surface area contributed by atoms with Gasteiger partial charge in [-0.2, -0.15) is 26.3 Å². The van der Waals surface area contributed by atoms with Gasteiger partial charge in [-0.25, -0.2) is 9.59 Å². The third kappa shape index (κ3) is 6.64. The first-order valence-corrected chi connectivity index (χ1v) is 9.38. The van der Waals surface area contributed by atoms with E-state index in [9.17, 15) is 66.4 Å². The van der Waals surface area contributed by atoms with Crippen molar-refractivity contribution in [3.63, 3.8) is 0 Å². The Morgan fingerprint density at radius 1 is 0.744 bits per heavy atom. The summed E-state index contributed by atoms with van der Waals surface area (Å²) in [6.45, 7) is 0. The lowest BCUT2D eigenvalue weighted by atomic mass is 10.0. The Kier molecular flexibility index (Phi) is 9.48. The first-order chi connectivity index (χ1) is 17.8. The predicted molar refractivity (Wildman–Crippen MR) is 110 cm³/mol. The number of halogens is 6. The Balaban J connectivity index is 0.000000391. The number of nitrogens with zero attached hydrogens (tertiary/aromatic N) is 2. The lowest BCUT2D eigenvalue weighted by Crippen LogP contribution is -2.17. The molecule has 0 aliphatic rings. The summed E-state index contributed by atoms with van der Waals surface area (Å²) in [5, 5.41) is 49.3. The maximum absolute atomic E-state index is 12.9. The third-order valence-corrected chi connectivity index (χ3v) is 4.47. The molecule has 0 unspecified atom stereocenters. The van der Waals surface area contributed by atoms with Gasteiger partial charge in [0.25, 0.3) is 0 Å². The molecule has 0 aromatic heterocycles. The van der Waals surface area contributed by atoms with Crippen LogP contribution in [0, 0.1) is 20.2 Å². The molecule has 0 spiro atoms. The SMILES string of the molecule is COC(=O)c1c(C(F)(F)F)cc(O)c(O)c1[N+](=O)[O-].COC(=O)c1c(C(F)(F)F)cc(OC)c(O)c1[N+](=O)[O-]. The van der Waals surface area contributed by atoms with E-state index in [2.05, 4.69) is 14.2 Å². The quantitative estimate of drug-likeness (QED) is 0.152. The summed E-state index contributed by atoms with van der Waals surface area (Å²) in [7, 11) is 2.39. The molecular weight excluding hydrogens is 562 g/mol. The van der Waals surface area contributed by atoms with Crippen LogP contribution in [0.5, 0.6) is 23.0 Å². The first-order valence-electron chi connectivity index (χ1n) is 9.38. The number of alkyl halides is 6. The number of rotatable bonds is 5. The van der Waals surface area contributed by atoms with Gasteiger partial charge in [0.05, 0.1) is 42.3 Å². The van der Waals surface area contributed by atoms with Crippen LogP contribution in [0.1, 0.15) is 31.8 Å². The number of carbonyl (C=O) groups excluding carboxylic acids is 2. The van der Waals surface area contributed by atoms with Gasteiger partial charge in [-0.1, -0.05) is 0 Å². The maximum atomic E-state index is 12.9. The van der Waals surface area contributed by atoms with Crippen molar-refractivity contribution in [2.45, 2.75) is 12.4 Å². The summed E-state index contributed by atoms with van der Waals surface area (Å²) in [5.41, 5.74) is -9.27. The number of benzene rings is 2. The molecule has 0 aliphatic heterocycles. The van der Waals surface area contributed by atoms with Crippen LogP contribution < -0.4 is 4.74 Å². The van der Waals surface area contributed by atoms with Gasteiger partial charge in [0.1, 0.15) is 0 Å². The van der Waals surface area contributed by atoms with Crippen LogP contribution in [-0.4, -0.2) is 58.4 Å². The summed E-state index contributed by atoms with van der Waals surface area (Å²) in [6, 6.07) is 0.295. The van der Waals surface area contributed by atoms with Gasteiger partial charge in [0.2, 0.25) is 11.5 Å². The highest BCUT2D eigenvalue weighted by Gasteiger charge is 2.44. The zero-order chi connectivity index (χ0) is 30.6. The van der Waals surface area contributed by atoms with Crippen LogP contribution in [0.3, 0.4) is 0 Å². The van der Waals surface area contributed by atoms with Crippen LogP contribution in [0.25, 0.3) is 0 Å². The van der Waals surface area contributed by atoms with Gasteiger partial charge in [-0.15, -0.1) is 0 Å². The van der Waals surface area contributed by atoms with Crippen LogP contribution in [0.4, 0.5) is 37.7 Å². The molecule has 0 aliphatic carbocycles. The van der Waals surface area contributed by atoms with E-state index in [1.807, 2.05) is 0 Å². The summed E-state index contributed by atoms with van der Waals surface area (Å²) < 4.78 is 89.2. The van der Waals surface area contributed by atoms with E-state index in [-0.39, 0.29) is 12.1 Å². The molecule has 3 N–H and O–H groups in total. The molecule has 0 fully saturated rings. The van der Waals surface area contributed by atoms with E-state index in [1.165, 1.54) is 0 Å². The molecule has 0 amide bonds. The van der Waals surface area contributed by atoms with Gasteiger partial charge in [-0.3, -0.25) is 20.2 Å². The molecule has 0 heterocycles. The Morgan fingerprint density at radius 3 is 1.41 bits per heavy atom. The highest BCUT2D eigenvalue weighted by molar-refractivity contribution is 5.98. The van der Waals surface area contributed by atoms with Crippen molar-refractivity contribution in [2.24, 2.45) is 0 Å². The number of nitro benzene ring substituents is 2. The minimum Gasteiger partial charge on any atom is -0.504 e. The number of esters is 2. The average Bonchev–Trinajstić information content (AvgIpc) is 2.82. The molecule has 2 aromatic rings. The topological polar surface area (TPSA) is 209 Å². The van der Waals surface area contributed by atoms with E-state index in [4.69, 9.17) is 5.11 Å². The lowest BCUT2D eigenvalue weighted by molar-refractivity contribution is -0.386. The van der Waals surface area contributed by atoms with Crippen LogP contribution in [0.2, 0.25) is 0 Å². The molecule has 0 radical (unpaired) electrons. The number of ether oxygens (including phenoxy) is 3. The van der Waals surface area contributed by atoms with Gasteiger partial charge >= 0.3 is 35.7 Å². The number of hydrogen-bond acceptors (Lipinski definition) is 12. The second-order valence-corrected chi connectivity index (χ2v) is 6.71. The van der Waals surface area contributed by atoms with Crippen LogP contribution >= 0.6 is 0 Å². The zero-order valence-electron chi connectivity index (χ0n) is 19.3. The summed E-state index contributed by atoms with van der Waals surface area (Å²) in [4.78, 5) is 41.4. The van der Waals surface area contributed by atoms with Crippen LogP contribution in [-0.2, 0) is 21.8 Å². The molecule has 0 bridgehead atoms. The van der Waals surface area contributed by atoms with Crippen molar-refractivity contribution in [1.29, 1.82) is 0 Å². The number of hydrogen-bond donors (Lipinski definition) is 3. The van der Waals surface area contributed by atoms with E-state index < -0.39 is 90.8 Å². The molecule has 214 valence electrons. The van der Waals surface area contributed by atoms with Crippen molar-refractivity contribution in [3.05, 3.63) is 54.6 Å². The highest BCUT2D eigenvalue weighted by atomic mass is 19.4. The fraction of sp³-hybridized carbons (Fsp3) is 0.263. The van der Waals surface area contributed by atoms with Crippen molar-refractivity contribution >= 4 is 23.3 Å². The van der Waals surface area contributed by atoms with Crippen molar-refractivity contribution in [2.75, 3.05) is 21.3 Å². The number of phenols is 3. The predicted octanol–water partition coefficient (Wildman–Crippen LogP) is 3.93. The Hall–Kier alpha value is -5.04. The maximum Gasteiger partial charge on any atom is 0.417 e. The molecule has 14 nitrogen and oxygen atoms in total. The fourth-order valence-corrected chi connectivity index (χ4v) is 2.85. The normalized spacial score (nSPS) is 11.1. The molecule has 0 saturated carbocycles. The molecular formula is C19H14F6N2O12. The average molecular weight is 576 g/mol. The van der Waals surface area contributed by atoms with Crippen molar-refractivity contribution in [3.8, 4) is 23.0 Å². The number of nitro groups is 2. The monoisotopic (exact) mass is 576 g/mol. The molecule has 2 aromatic carbocycles. The van der Waals surface area contributed by atoms with Crippen molar-refractivity contribution < 1.29 is 75.3 Å². The summed E-state index contributed by atoms with van der Waals surface area (Å²) in [6.07, 6.45) is -10.2. The summed E-state index contributed by atoms with van der Waals surface area (Å²) >= 11 is 0. The smallest absolute Gasteiger partial charge is 0.417 e. The minimum absolute atomic E-state index is 0.00852. The van der Waals surface area contributed by atoms with Crippen LogP contribution in [0.15, 0.2) is 12.1 Å². The molecule has 2 rings (SSSR count). The lowest BCUT2D eigenvalue weighted by Gasteiger charge is -2.14. The Labute approximate surface area is 210 Å². The molecule has 20 heteroatoms. The number of phenolic OH excluding ortho intramolecular Hbond substituents is 3. The summed E-state index contributed by atoms with van der Waals surface area (Å²) in [5.74, 6) is -8.04. The van der Waals surface area contributed by atoms with Gasteiger partial charge < -0.3 is 29.5 Å². The second-order valence-electron chi connectivity index (χ2n) is 6.71. The minimum atomic E-state index is -5.15.